The van der Waals surface area contributed by atoms with Crippen LogP contribution in [0.2, 0.25) is 0 Å². The molecule has 4 aromatic carbocycles. The molecule has 1 aliphatic heterocycles. The minimum absolute atomic E-state index is 0.0254. The van der Waals surface area contributed by atoms with E-state index in [9.17, 15) is 22.8 Å². The molecule has 0 aromatic heterocycles. The molecule has 1 fully saturated rings. The minimum atomic E-state index is -4.42. The predicted octanol–water partition coefficient (Wildman–Crippen LogP) is 7.18. The molecule has 0 bridgehead atoms. The van der Waals surface area contributed by atoms with Gasteiger partial charge in [0.2, 0.25) is 5.91 Å². The first-order valence-corrected chi connectivity index (χ1v) is 14.0. The van der Waals surface area contributed by atoms with E-state index in [1.807, 2.05) is 60.7 Å². The number of amides is 2. The molecule has 1 N–H and O–H groups in total. The lowest BCUT2D eigenvalue weighted by Gasteiger charge is -2.34. The topological polar surface area (TPSA) is 52.7 Å². The predicted molar refractivity (Wildman–Crippen MR) is 158 cm³/mol. The van der Waals surface area contributed by atoms with Crippen molar-refractivity contribution in [1.82, 2.24) is 10.2 Å². The van der Waals surface area contributed by atoms with Gasteiger partial charge in [-0.2, -0.15) is 13.2 Å². The Morgan fingerprint density at radius 3 is 2.02 bits per heavy atom. The van der Waals surface area contributed by atoms with Crippen LogP contribution >= 0.6 is 0 Å². The molecule has 2 amide bonds. The first kappa shape index (κ1) is 29.1. The van der Waals surface area contributed by atoms with Crippen molar-refractivity contribution in [2.75, 3.05) is 31.1 Å². The zero-order valence-electron chi connectivity index (χ0n) is 23.1. The van der Waals surface area contributed by atoms with Gasteiger partial charge in [-0.15, -0.1) is 0 Å². The highest BCUT2D eigenvalue weighted by atomic mass is 19.4. The molecule has 1 saturated heterocycles. The number of rotatable bonds is 8. The summed E-state index contributed by atoms with van der Waals surface area (Å²) in [5.74, 6) is -0.142. The third kappa shape index (κ3) is 7.06. The minimum Gasteiger partial charge on any atom is -0.352 e. The quantitative estimate of drug-likeness (QED) is 0.244. The lowest BCUT2D eigenvalue weighted by atomic mass is 9.96. The lowest BCUT2D eigenvalue weighted by Crippen LogP contribution is -2.45. The number of carbonyl (C=O) groups is 2. The number of likely N-dealkylation sites (tertiary alicyclic amines) is 1. The summed E-state index contributed by atoms with van der Waals surface area (Å²) in [5, 5.41) is 3.02. The van der Waals surface area contributed by atoms with Crippen LogP contribution in [0, 0.1) is 5.92 Å². The van der Waals surface area contributed by atoms with Gasteiger partial charge < -0.3 is 5.32 Å². The van der Waals surface area contributed by atoms with Gasteiger partial charge in [-0.3, -0.25) is 19.4 Å². The largest absolute Gasteiger partial charge is 0.416 e. The van der Waals surface area contributed by atoms with E-state index in [0.29, 0.717) is 29.8 Å². The Labute approximate surface area is 243 Å². The fourth-order valence-corrected chi connectivity index (χ4v) is 5.42. The van der Waals surface area contributed by atoms with Crippen molar-refractivity contribution in [3.63, 3.8) is 0 Å². The molecule has 1 atom stereocenters. The van der Waals surface area contributed by atoms with Gasteiger partial charge in [0.25, 0.3) is 5.91 Å². The number of alkyl halides is 3. The van der Waals surface area contributed by atoms with Crippen LogP contribution in [0.1, 0.15) is 28.8 Å². The van der Waals surface area contributed by atoms with E-state index >= 15 is 0 Å². The number of piperidine rings is 1. The van der Waals surface area contributed by atoms with E-state index in [-0.39, 0.29) is 24.3 Å². The van der Waals surface area contributed by atoms with Gasteiger partial charge in [0.1, 0.15) is 0 Å². The average Bonchev–Trinajstić information content (AvgIpc) is 3.01. The monoisotopic (exact) mass is 571 g/mol. The first-order chi connectivity index (χ1) is 20.3. The Hall–Kier alpha value is -4.43. The highest BCUT2D eigenvalue weighted by molar-refractivity contribution is 6.02. The lowest BCUT2D eigenvalue weighted by molar-refractivity contribution is -0.137. The Morgan fingerprint density at radius 1 is 0.810 bits per heavy atom. The second kappa shape index (κ2) is 13.0. The molecule has 0 aliphatic carbocycles. The van der Waals surface area contributed by atoms with E-state index in [1.165, 1.54) is 12.1 Å². The highest BCUT2D eigenvalue weighted by Crippen LogP contribution is 2.32. The summed E-state index contributed by atoms with van der Waals surface area (Å²) >= 11 is 0. The Kier molecular flexibility index (Phi) is 9.03. The summed E-state index contributed by atoms with van der Waals surface area (Å²) in [7, 11) is 0. The molecule has 0 saturated carbocycles. The average molecular weight is 572 g/mol. The molecule has 42 heavy (non-hydrogen) atoms. The maximum atomic E-state index is 13.6. The van der Waals surface area contributed by atoms with Crippen LogP contribution in [0.15, 0.2) is 109 Å². The van der Waals surface area contributed by atoms with Gasteiger partial charge in [0.15, 0.2) is 0 Å². The normalized spacial score (nSPS) is 15.6. The molecule has 1 unspecified atom stereocenters. The standard InChI is InChI=1S/C34H32F3N3O2/c35-34(36,37)27-19-17-26(18-20-27)30-15-7-8-16-31(30)33(42)38-22-25-10-9-21-39(23-25)24-32(41)40(28-11-3-1-4-12-28)29-13-5-2-6-14-29/h1-8,11-20,25H,9-10,21-24H2,(H,38,42). The van der Waals surface area contributed by atoms with Gasteiger partial charge in [-0.25, -0.2) is 0 Å². The molecule has 0 radical (unpaired) electrons. The molecule has 1 aliphatic rings. The zero-order valence-corrected chi connectivity index (χ0v) is 23.1. The maximum Gasteiger partial charge on any atom is 0.416 e. The number of hydrogen-bond acceptors (Lipinski definition) is 3. The van der Waals surface area contributed by atoms with Gasteiger partial charge in [-0.05, 0) is 78.9 Å². The van der Waals surface area contributed by atoms with Crippen molar-refractivity contribution in [2.24, 2.45) is 5.92 Å². The molecular formula is C34H32F3N3O2. The summed E-state index contributed by atoms with van der Waals surface area (Å²) in [4.78, 5) is 30.7. The van der Waals surface area contributed by atoms with E-state index < -0.39 is 11.7 Å². The highest BCUT2D eigenvalue weighted by Gasteiger charge is 2.30. The van der Waals surface area contributed by atoms with Crippen LogP contribution in [0.4, 0.5) is 24.5 Å². The Bertz CT molecular complexity index is 1450. The van der Waals surface area contributed by atoms with Gasteiger partial charge in [0.05, 0.1) is 12.1 Å². The summed E-state index contributed by atoms with van der Waals surface area (Å²) in [5.41, 5.74) is 2.40. The second-order valence-corrected chi connectivity index (χ2v) is 10.5. The van der Waals surface area contributed by atoms with Crippen molar-refractivity contribution in [3.05, 3.63) is 120 Å². The second-order valence-electron chi connectivity index (χ2n) is 10.5. The fourth-order valence-electron chi connectivity index (χ4n) is 5.42. The third-order valence-electron chi connectivity index (χ3n) is 7.49. The van der Waals surface area contributed by atoms with Gasteiger partial charge in [0, 0.05) is 30.0 Å². The summed E-state index contributed by atoms with van der Waals surface area (Å²) in [6, 6.07) is 30.9. The van der Waals surface area contributed by atoms with Crippen molar-refractivity contribution in [3.8, 4) is 11.1 Å². The molecule has 4 aromatic rings. The van der Waals surface area contributed by atoms with Crippen LogP contribution in [0.25, 0.3) is 11.1 Å². The van der Waals surface area contributed by atoms with Gasteiger partial charge >= 0.3 is 6.18 Å². The van der Waals surface area contributed by atoms with Crippen LogP contribution in [0.3, 0.4) is 0 Å². The Balaban J connectivity index is 1.22. The van der Waals surface area contributed by atoms with Crippen LogP contribution in [-0.4, -0.2) is 42.9 Å². The van der Waals surface area contributed by atoms with E-state index in [4.69, 9.17) is 0 Å². The summed E-state index contributed by atoms with van der Waals surface area (Å²) < 4.78 is 39.0. The number of halogens is 3. The molecule has 1 heterocycles. The van der Waals surface area contributed by atoms with Gasteiger partial charge in [-0.1, -0.05) is 66.7 Å². The number of nitrogens with one attached hydrogen (secondary N) is 1. The number of nitrogens with zero attached hydrogens (tertiary/aromatic N) is 2. The Morgan fingerprint density at radius 2 is 1.40 bits per heavy atom. The van der Waals surface area contributed by atoms with Crippen LogP contribution < -0.4 is 10.2 Å². The summed E-state index contributed by atoms with van der Waals surface area (Å²) in [6.07, 6.45) is -2.59. The number of carbonyl (C=O) groups excluding carboxylic acids is 2. The number of anilines is 2. The SMILES string of the molecule is O=C(NCC1CCCN(CC(=O)N(c2ccccc2)c2ccccc2)C1)c1ccccc1-c1ccc(C(F)(F)F)cc1. The van der Waals surface area contributed by atoms with E-state index in [1.54, 1.807) is 29.2 Å². The van der Waals surface area contributed by atoms with Crippen molar-refractivity contribution >= 4 is 23.2 Å². The van der Waals surface area contributed by atoms with Crippen molar-refractivity contribution in [2.45, 2.75) is 19.0 Å². The third-order valence-corrected chi connectivity index (χ3v) is 7.49. The molecule has 0 spiro atoms. The van der Waals surface area contributed by atoms with E-state index in [0.717, 1.165) is 42.9 Å². The zero-order chi connectivity index (χ0) is 29.5. The smallest absolute Gasteiger partial charge is 0.352 e. The molecule has 5 nitrogen and oxygen atoms in total. The van der Waals surface area contributed by atoms with Crippen LogP contribution in [0.5, 0.6) is 0 Å². The van der Waals surface area contributed by atoms with E-state index in [2.05, 4.69) is 10.2 Å². The van der Waals surface area contributed by atoms with Crippen molar-refractivity contribution < 1.29 is 22.8 Å². The van der Waals surface area contributed by atoms with Crippen molar-refractivity contribution in [1.29, 1.82) is 0 Å². The molecule has 8 heteroatoms. The number of hydrogen-bond donors (Lipinski definition) is 1. The van der Waals surface area contributed by atoms with Crippen LogP contribution in [-0.2, 0) is 11.0 Å². The number of benzene rings is 4. The fraction of sp³-hybridized carbons (Fsp3) is 0.235. The first-order valence-electron chi connectivity index (χ1n) is 14.0. The molecular weight excluding hydrogens is 539 g/mol. The molecule has 5 rings (SSSR count). The summed E-state index contributed by atoms with van der Waals surface area (Å²) in [6.45, 7) is 2.16. The molecule has 216 valence electrons. The number of para-hydroxylation sites is 2. The maximum absolute atomic E-state index is 13.6.